The maximum atomic E-state index is 9.99. The molecule has 0 unspecified atom stereocenters. The molecule has 132 valence electrons. The summed E-state index contributed by atoms with van der Waals surface area (Å²) in [5.74, 6) is 0. The molecule has 1 saturated carbocycles. The first-order chi connectivity index (χ1) is 12.5. The smallest absolute Gasteiger partial charge is 0.0994 e. The zero-order valence-corrected chi connectivity index (χ0v) is 15.0. The third-order valence-electron chi connectivity index (χ3n) is 5.61. The van der Waals surface area contributed by atoms with Crippen LogP contribution in [0, 0.1) is 25.2 Å². The summed E-state index contributed by atoms with van der Waals surface area (Å²) in [6.45, 7) is 3.96. The van der Waals surface area contributed by atoms with Crippen molar-refractivity contribution in [1.29, 1.82) is 5.26 Å². The molecule has 1 aliphatic carbocycles. The molecule has 0 amide bonds. The summed E-state index contributed by atoms with van der Waals surface area (Å²) in [6.07, 6.45) is 7.94. The van der Waals surface area contributed by atoms with Crippen LogP contribution in [0.5, 0.6) is 0 Å². The van der Waals surface area contributed by atoms with Crippen LogP contribution in [0.25, 0.3) is 22.0 Å². The highest BCUT2D eigenvalue weighted by molar-refractivity contribution is 5.98. The summed E-state index contributed by atoms with van der Waals surface area (Å²) in [6, 6.07) is 6.60. The number of hydrogen-bond acceptors (Lipinski definition) is 4. The quantitative estimate of drug-likeness (QED) is 0.737. The van der Waals surface area contributed by atoms with Crippen molar-refractivity contribution >= 4 is 16.6 Å². The lowest BCUT2D eigenvalue weighted by Crippen LogP contribution is -2.06. The Balaban J connectivity index is 2.01. The molecule has 2 heterocycles. The van der Waals surface area contributed by atoms with Crippen molar-refractivity contribution in [2.45, 2.75) is 45.3 Å². The van der Waals surface area contributed by atoms with Gasteiger partial charge in [0.05, 0.1) is 29.6 Å². The molecular formula is C21H22N4O. The van der Waals surface area contributed by atoms with E-state index in [-0.39, 0.29) is 12.1 Å². The monoisotopic (exact) mass is 346 g/mol. The Morgan fingerprint density at radius 2 is 2.04 bits per heavy atom. The Labute approximate surface area is 152 Å². The van der Waals surface area contributed by atoms with Crippen LogP contribution in [0.4, 0.5) is 5.69 Å². The van der Waals surface area contributed by atoms with Crippen LogP contribution in [0.3, 0.4) is 0 Å². The molecule has 1 aromatic carbocycles. The lowest BCUT2D eigenvalue weighted by atomic mass is 9.99. The predicted octanol–water partition coefficient (Wildman–Crippen LogP) is 3.86. The maximum absolute atomic E-state index is 9.99. The highest BCUT2D eigenvalue weighted by atomic mass is 16.3. The standard InChI is InChI=1S/C21H22N4O/c1-12-5-21-17(6-14(12)8-22)19(18-9-24-10-20(23)13(18)2)11-25(21)15-3-4-16(26)7-15/h5-6,9-11,15-16,26H,3-4,7,23H2,1-2H3/t15-,16+/m1/s1. The number of benzene rings is 1. The number of nitrogens with zero attached hydrogens (tertiary/aromatic N) is 3. The first-order valence-corrected chi connectivity index (χ1v) is 8.93. The fourth-order valence-corrected chi connectivity index (χ4v) is 4.04. The van der Waals surface area contributed by atoms with E-state index in [0.29, 0.717) is 11.3 Å². The molecule has 0 saturated heterocycles. The van der Waals surface area contributed by atoms with Crippen LogP contribution in [0.15, 0.2) is 30.7 Å². The van der Waals surface area contributed by atoms with E-state index in [1.807, 2.05) is 26.1 Å². The van der Waals surface area contributed by atoms with Gasteiger partial charge < -0.3 is 15.4 Å². The van der Waals surface area contributed by atoms with Crippen LogP contribution in [-0.4, -0.2) is 20.8 Å². The Hall–Kier alpha value is -2.84. The number of nitriles is 1. The fraction of sp³-hybridized carbons (Fsp3) is 0.333. The zero-order chi connectivity index (χ0) is 18.4. The number of aryl methyl sites for hydroxylation is 1. The number of aliphatic hydroxyl groups is 1. The van der Waals surface area contributed by atoms with Gasteiger partial charge in [0.25, 0.3) is 0 Å². The molecule has 0 radical (unpaired) electrons. The molecule has 4 rings (SSSR count). The highest BCUT2D eigenvalue weighted by Gasteiger charge is 2.26. The molecule has 0 spiro atoms. The molecule has 5 heteroatoms. The van der Waals surface area contributed by atoms with E-state index in [1.54, 1.807) is 6.20 Å². The van der Waals surface area contributed by atoms with Gasteiger partial charge in [-0.05, 0) is 56.4 Å². The van der Waals surface area contributed by atoms with Gasteiger partial charge >= 0.3 is 0 Å². The molecule has 2 aromatic heterocycles. The van der Waals surface area contributed by atoms with Crippen LogP contribution in [-0.2, 0) is 0 Å². The van der Waals surface area contributed by atoms with Crippen LogP contribution < -0.4 is 5.73 Å². The number of nitrogen functional groups attached to an aromatic ring is 1. The second-order valence-corrected chi connectivity index (χ2v) is 7.27. The predicted molar refractivity (Wildman–Crippen MR) is 103 cm³/mol. The second kappa shape index (κ2) is 6.15. The van der Waals surface area contributed by atoms with Crippen molar-refractivity contribution in [2.24, 2.45) is 0 Å². The summed E-state index contributed by atoms with van der Waals surface area (Å²) in [5.41, 5.74) is 12.5. The Morgan fingerprint density at radius 3 is 2.73 bits per heavy atom. The van der Waals surface area contributed by atoms with Gasteiger partial charge in [-0.15, -0.1) is 0 Å². The second-order valence-electron chi connectivity index (χ2n) is 7.27. The first kappa shape index (κ1) is 16.6. The lowest BCUT2D eigenvalue weighted by Gasteiger charge is -2.14. The van der Waals surface area contributed by atoms with Crippen LogP contribution in [0.1, 0.15) is 42.0 Å². The Kier molecular flexibility index (Phi) is 3.93. The van der Waals surface area contributed by atoms with E-state index < -0.39 is 0 Å². The summed E-state index contributed by atoms with van der Waals surface area (Å²) in [5, 5.41) is 20.5. The minimum atomic E-state index is -0.240. The summed E-state index contributed by atoms with van der Waals surface area (Å²) in [7, 11) is 0. The summed E-state index contributed by atoms with van der Waals surface area (Å²) < 4.78 is 2.26. The van der Waals surface area contributed by atoms with Crippen molar-refractivity contribution in [3.8, 4) is 17.2 Å². The number of rotatable bonds is 2. The third kappa shape index (κ3) is 2.54. The first-order valence-electron chi connectivity index (χ1n) is 8.93. The van der Waals surface area contributed by atoms with Crippen molar-refractivity contribution in [2.75, 3.05) is 5.73 Å². The van der Waals surface area contributed by atoms with E-state index in [0.717, 1.165) is 52.4 Å². The van der Waals surface area contributed by atoms with E-state index in [1.165, 1.54) is 0 Å². The van der Waals surface area contributed by atoms with Crippen LogP contribution in [0.2, 0.25) is 0 Å². The number of aromatic nitrogens is 2. The molecule has 1 fully saturated rings. The van der Waals surface area contributed by atoms with E-state index in [4.69, 9.17) is 5.73 Å². The molecular weight excluding hydrogens is 324 g/mol. The van der Waals surface area contributed by atoms with Gasteiger partial charge in [0, 0.05) is 40.5 Å². The Morgan fingerprint density at radius 1 is 1.23 bits per heavy atom. The molecule has 0 aliphatic heterocycles. The van der Waals surface area contributed by atoms with Gasteiger partial charge in [-0.2, -0.15) is 5.26 Å². The number of anilines is 1. The fourth-order valence-electron chi connectivity index (χ4n) is 4.04. The molecule has 3 N–H and O–H groups in total. The average molecular weight is 346 g/mol. The lowest BCUT2D eigenvalue weighted by molar-refractivity contribution is 0.178. The zero-order valence-electron chi connectivity index (χ0n) is 15.0. The number of fused-ring (bicyclic) bond motifs is 1. The molecule has 26 heavy (non-hydrogen) atoms. The largest absolute Gasteiger partial charge is 0.397 e. The topological polar surface area (TPSA) is 87.9 Å². The summed E-state index contributed by atoms with van der Waals surface area (Å²) >= 11 is 0. The number of hydrogen-bond donors (Lipinski definition) is 2. The van der Waals surface area contributed by atoms with Crippen molar-refractivity contribution in [1.82, 2.24) is 9.55 Å². The molecule has 0 bridgehead atoms. The Bertz CT molecular complexity index is 1040. The van der Waals surface area contributed by atoms with Gasteiger partial charge in [0.15, 0.2) is 0 Å². The average Bonchev–Trinajstić information content (AvgIpc) is 3.20. The van der Waals surface area contributed by atoms with Gasteiger partial charge in [0.1, 0.15) is 0 Å². The van der Waals surface area contributed by atoms with E-state index >= 15 is 0 Å². The normalized spacial score (nSPS) is 19.8. The molecule has 3 aromatic rings. The van der Waals surface area contributed by atoms with E-state index in [9.17, 15) is 10.4 Å². The van der Waals surface area contributed by atoms with Gasteiger partial charge in [-0.3, -0.25) is 4.98 Å². The SMILES string of the molecule is Cc1cc2c(cc1C#N)c(-c1cncc(N)c1C)cn2[C@@H]1CC[C@H](O)C1. The van der Waals surface area contributed by atoms with E-state index in [2.05, 4.69) is 27.9 Å². The maximum Gasteiger partial charge on any atom is 0.0994 e. The van der Waals surface area contributed by atoms with Gasteiger partial charge in [-0.1, -0.05) is 0 Å². The minimum absolute atomic E-state index is 0.240. The van der Waals surface area contributed by atoms with Crippen molar-refractivity contribution < 1.29 is 5.11 Å². The van der Waals surface area contributed by atoms with Gasteiger partial charge in [-0.25, -0.2) is 0 Å². The number of aliphatic hydroxyl groups excluding tert-OH is 1. The van der Waals surface area contributed by atoms with Crippen molar-refractivity contribution in [3.05, 3.63) is 47.4 Å². The molecule has 1 aliphatic rings. The van der Waals surface area contributed by atoms with Gasteiger partial charge in [0.2, 0.25) is 0 Å². The summed E-state index contributed by atoms with van der Waals surface area (Å²) in [4.78, 5) is 4.27. The number of pyridine rings is 1. The number of nitrogens with two attached hydrogens (primary N) is 1. The van der Waals surface area contributed by atoms with Crippen molar-refractivity contribution in [3.63, 3.8) is 0 Å². The molecule has 5 nitrogen and oxygen atoms in total. The van der Waals surface area contributed by atoms with Crippen LogP contribution >= 0.6 is 0 Å². The third-order valence-corrected chi connectivity index (χ3v) is 5.61. The molecule has 2 atom stereocenters. The highest BCUT2D eigenvalue weighted by Crippen LogP contribution is 2.40. The minimum Gasteiger partial charge on any atom is -0.397 e.